The van der Waals surface area contributed by atoms with Gasteiger partial charge in [0.15, 0.2) is 0 Å². The van der Waals surface area contributed by atoms with Gasteiger partial charge in [0.2, 0.25) is 0 Å². The summed E-state index contributed by atoms with van der Waals surface area (Å²) in [5, 5.41) is 10.9. The molecule has 1 aromatic carbocycles. The third kappa shape index (κ3) is 3.31. The summed E-state index contributed by atoms with van der Waals surface area (Å²) in [6.07, 6.45) is -0.656. The third-order valence-electron chi connectivity index (χ3n) is 4.23. The fourth-order valence-corrected chi connectivity index (χ4v) is 2.74. The van der Waals surface area contributed by atoms with Crippen LogP contribution >= 0.6 is 0 Å². The Morgan fingerprint density at radius 3 is 2.43 bits per heavy atom. The first-order chi connectivity index (χ1) is 10.0. The van der Waals surface area contributed by atoms with Gasteiger partial charge in [-0.15, -0.1) is 0 Å². The second-order valence-corrected chi connectivity index (χ2v) is 5.76. The van der Waals surface area contributed by atoms with Crippen molar-refractivity contribution in [1.29, 1.82) is 0 Å². The smallest absolute Gasteiger partial charge is 0.128 e. The Morgan fingerprint density at radius 2 is 1.86 bits per heavy atom. The number of rotatable bonds is 5. The first-order valence-corrected chi connectivity index (χ1v) is 7.23. The summed E-state index contributed by atoms with van der Waals surface area (Å²) in [5.41, 5.74) is 0.376. The SMILES string of the molecule is COc1ccc(C(O)C(C)(C)N2CCOCC2)c(OC)c1. The number of morpholine rings is 1. The van der Waals surface area contributed by atoms with Gasteiger partial charge in [-0.25, -0.2) is 0 Å². The number of hydrogen-bond acceptors (Lipinski definition) is 5. The molecule has 21 heavy (non-hydrogen) atoms. The summed E-state index contributed by atoms with van der Waals surface area (Å²) in [4.78, 5) is 2.25. The molecule has 1 fully saturated rings. The van der Waals surface area contributed by atoms with Crippen molar-refractivity contribution in [2.75, 3.05) is 40.5 Å². The second-order valence-electron chi connectivity index (χ2n) is 5.76. The zero-order valence-electron chi connectivity index (χ0n) is 13.3. The van der Waals surface area contributed by atoms with Crippen LogP contribution in [0, 0.1) is 0 Å². The minimum atomic E-state index is -0.656. The van der Waals surface area contributed by atoms with E-state index in [0.29, 0.717) is 24.7 Å². The Hall–Kier alpha value is -1.30. The Bertz CT molecular complexity index is 469. The van der Waals surface area contributed by atoms with Gasteiger partial charge >= 0.3 is 0 Å². The zero-order valence-corrected chi connectivity index (χ0v) is 13.3. The molecule has 1 unspecified atom stereocenters. The van der Waals surface area contributed by atoms with E-state index in [9.17, 15) is 5.11 Å². The van der Waals surface area contributed by atoms with Gasteiger partial charge in [0.25, 0.3) is 0 Å². The lowest BCUT2D eigenvalue weighted by atomic mass is 9.88. The van der Waals surface area contributed by atoms with Crippen molar-refractivity contribution in [3.05, 3.63) is 23.8 Å². The average Bonchev–Trinajstić information content (AvgIpc) is 2.54. The fraction of sp³-hybridized carbons (Fsp3) is 0.625. The highest BCUT2D eigenvalue weighted by Gasteiger charge is 2.37. The van der Waals surface area contributed by atoms with Gasteiger partial charge in [0, 0.05) is 30.3 Å². The van der Waals surface area contributed by atoms with Crippen molar-refractivity contribution in [3.63, 3.8) is 0 Å². The Kier molecular flexibility index (Phi) is 5.08. The number of benzene rings is 1. The van der Waals surface area contributed by atoms with E-state index in [0.717, 1.165) is 18.7 Å². The van der Waals surface area contributed by atoms with Gasteiger partial charge in [-0.3, -0.25) is 4.90 Å². The largest absolute Gasteiger partial charge is 0.497 e. The van der Waals surface area contributed by atoms with Crippen LogP contribution in [0.2, 0.25) is 0 Å². The predicted molar refractivity (Wildman–Crippen MR) is 81.0 cm³/mol. The van der Waals surface area contributed by atoms with Gasteiger partial charge in [-0.05, 0) is 26.0 Å². The molecule has 0 saturated carbocycles. The molecule has 1 saturated heterocycles. The van der Waals surface area contributed by atoms with Crippen LogP contribution in [0.1, 0.15) is 25.5 Å². The molecular weight excluding hydrogens is 270 g/mol. The minimum Gasteiger partial charge on any atom is -0.497 e. The minimum absolute atomic E-state index is 0.397. The average molecular weight is 295 g/mol. The summed E-state index contributed by atoms with van der Waals surface area (Å²) >= 11 is 0. The van der Waals surface area contributed by atoms with Gasteiger partial charge in [-0.1, -0.05) is 0 Å². The molecule has 5 heteroatoms. The molecule has 0 amide bonds. The van der Waals surface area contributed by atoms with Crippen LogP contribution in [0.15, 0.2) is 18.2 Å². The molecule has 0 radical (unpaired) electrons. The normalized spacial score (nSPS) is 18.3. The molecule has 118 valence electrons. The Labute approximate surface area is 126 Å². The third-order valence-corrected chi connectivity index (χ3v) is 4.23. The van der Waals surface area contributed by atoms with Gasteiger partial charge in [-0.2, -0.15) is 0 Å². The lowest BCUT2D eigenvalue weighted by molar-refractivity contribution is -0.0635. The molecule has 1 heterocycles. The van der Waals surface area contributed by atoms with Crippen molar-refractivity contribution in [3.8, 4) is 11.5 Å². The number of aliphatic hydroxyl groups is 1. The summed E-state index contributed by atoms with van der Waals surface area (Å²) in [6.45, 7) is 7.15. The monoisotopic (exact) mass is 295 g/mol. The van der Waals surface area contributed by atoms with Gasteiger partial charge in [0.1, 0.15) is 17.6 Å². The van der Waals surface area contributed by atoms with E-state index >= 15 is 0 Å². The van der Waals surface area contributed by atoms with Crippen molar-refractivity contribution >= 4 is 0 Å². The molecule has 0 bridgehead atoms. The van der Waals surface area contributed by atoms with E-state index < -0.39 is 11.6 Å². The van der Waals surface area contributed by atoms with Crippen LogP contribution in [-0.4, -0.2) is 56.1 Å². The number of aliphatic hydroxyl groups excluding tert-OH is 1. The molecule has 1 aliphatic rings. The molecule has 1 aromatic rings. The molecule has 0 aliphatic carbocycles. The lowest BCUT2D eigenvalue weighted by Crippen LogP contribution is -2.53. The van der Waals surface area contributed by atoms with E-state index in [1.54, 1.807) is 20.3 Å². The van der Waals surface area contributed by atoms with Gasteiger partial charge in [0.05, 0.1) is 27.4 Å². The van der Waals surface area contributed by atoms with Crippen LogP contribution in [0.25, 0.3) is 0 Å². The predicted octanol–water partition coefficient (Wildman–Crippen LogP) is 1.85. The maximum Gasteiger partial charge on any atom is 0.128 e. The highest BCUT2D eigenvalue weighted by molar-refractivity contribution is 5.43. The highest BCUT2D eigenvalue weighted by Crippen LogP contribution is 2.37. The van der Waals surface area contributed by atoms with Crippen LogP contribution < -0.4 is 9.47 Å². The van der Waals surface area contributed by atoms with E-state index in [1.807, 2.05) is 26.0 Å². The molecule has 1 aliphatic heterocycles. The maximum atomic E-state index is 10.9. The van der Waals surface area contributed by atoms with E-state index in [2.05, 4.69) is 4.90 Å². The van der Waals surface area contributed by atoms with Crippen molar-refractivity contribution in [2.45, 2.75) is 25.5 Å². The molecular formula is C16H25NO4. The summed E-state index contributed by atoms with van der Waals surface area (Å²) in [5.74, 6) is 1.36. The highest BCUT2D eigenvalue weighted by atomic mass is 16.5. The summed E-state index contributed by atoms with van der Waals surface area (Å²) < 4.78 is 16.0. The molecule has 0 aromatic heterocycles. The standard InChI is InChI=1S/C16H25NO4/c1-16(2,17-7-9-21-10-8-17)15(18)13-6-5-12(19-3)11-14(13)20-4/h5-6,11,15,18H,7-10H2,1-4H3. The van der Waals surface area contributed by atoms with E-state index in [1.165, 1.54) is 0 Å². The number of ether oxygens (including phenoxy) is 3. The van der Waals surface area contributed by atoms with Crippen LogP contribution in [0.5, 0.6) is 11.5 Å². The van der Waals surface area contributed by atoms with E-state index in [-0.39, 0.29) is 0 Å². The summed E-state index contributed by atoms with van der Waals surface area (Å²) in [7, 11) is 3.22. The van der Waals surface area contributed by atoms with Crippen molar-refractivity contribution < 1.29 is 19.3 Å². The molecule has 1 atom stereocenters. The number of nitrogens with zero attached hydrogens (tertiary/aromatic N) is 1. The lowest BCUT2D eigenvalue weighted by Gasteiger charge is -2.44. The topological polar surface area (TPSA) is 51.2 Å². The molecule has 5 nitrogen and oxygen atoms in total. The molecule has 0 spiro atoms. The number of hydrogen-bond donors (Lipinski definition) is 1. The van der Waals surface area contributed by atoms with Crippen LogP contribution in [0.3, 0.4) is 0 Å². The Balaban J connectivity index is 2.27. The van der Waals surface area contributed by atoms with Gasteiger partial charge < -0.3 is 19.3 Å². The molecule has 2 rings (SSSR count). The van der Waals surface area contributed by atoms with Crippen molar-refractivity contribution in [1.82, 2.24) is 4.90 Å². The first-order valence-electron chi connectivity index (χ1n) is 7.23. The first kappa shape index (κ1) is 16.1. The van der Waals surface area contributed by atoms with Crippen molar-refractivity contribution in [2.24, 2.45) is 0 Å². The van der Waals surface area contributed by atoms with Crippen LogP contribution in [0.4, 0.5) is 0 Å². The molecule has 1 N–H and O–H groups in total. The van der Waals surface area contributed by atoms with Crippen LogP contribution in [-0.2, 0) is 4.74 Å². The second kappa shape index (κ2) is 6.64. The fourth-order valence-electron chi connectivity index (χ4n) is 2.74. The van der Waals surface area contributed by atoms with E-state index in [4.69, 9.17) is 14.2 Å². The maximum absolute atomic E-state index is 10.9. The Morgan fingerprint density at radius 1 is 1.19 bits per heavy atom. The number of methoxy groups -OCH3 is 2. The summed E-state index contributed by atoms with van der Waals surface area (Å²) in [6, 6.07) is 5.51. The quantitative estimate of drug-likeness (QED) is 0.898. The zero-order chi connectivity index (χ0) is 15.5.